The molecule has 1 aromatic carbocycles. The molecular weight excluding hydrogens is 330 g/mol. The van der Waals surface area contributed by atoms with Crippen LogP contribution in [0.4, 0.5) is 5.69 Å². The molecule has 6 nitrogen and oxygen atoms in total. The van der Waals surface area contributed by atoms with E-state index in [0.717, 1.165) is 18.5 Å². The minimum absolute atomic E-state index is 0.0547. The number of rotatable bonds is 5. The lowest BCUT2D eigenvalue weighted by Gasteiger charge is -2.29. The fourth-order valence-electron chi connectivity index (χ4n) is 2.75. The van der Waals surface area contributed by atoms with Crippen LogP contribution in [0.25, 0.3) is 0 Å². The summed E-state index contributed by atoms with van der Waals surface area (Å²) in [4.78, 5) is 29.7. The summed E-state index contributed by atoms with van der Waals surface area (Å²) in [5, 5.41) is 11.5. The molecule has 0 N–H and O–H groups in total. The number of halogens is 1. The lowest BCUT2D eigenvalue weighted by molar-refractivity contribution is -0.385. The number of pyridine rings is 1. The number of nitro benzene ring substituents is 1. The lowest BCUT2D eigenvalue weighted by atomic mass is 10.1. The van der Waals surface area contributed by atoms with Crippen molar-refractivity contribution in [2.24, 2.45) is 0 Å². The normalized spacial score (nSPS) is 14.9. The zero-order valence-electron chi connectivity index (χ0n) is 13.1. The number of amides is 1. The van der Waals surface area contributed by atoms with Gasteiger partial charge in [0.2, 0.25) is 0 Å². The Morgan fingerprint density at radius 2 is 2.12 bits per heavy atom. The second-order valence-electron chi connectivity index (χ2n) is 5.79. The van der Waals surface area contributed by atoms with Gasteiger partial charge in [0.1, 0.15) is 5.56 Å². The fraction of sp³-hybridized carbons (Fsp3) is 0.294. The molecule has 1 aliphatic carbocycles. The summed E-state index contributed by atoms with van der Waals surface area (Å²) < 4.78 is 0. The first-order valence-corrected chi connectivity index (χ1v) is 8.04. The largest absolute Gasteiger partial charge is 0.327 e. The Balaban J connectivity index is 1.98. The van der Waals surface area contributed by atoms with Gasteiger partial charge in [-0.05, 0) is 44.0 Å². The van der Waals surface area contributed by atoms with Crippen molar-refractivity contribution < 1.29 is 9.72 Å². The summed E-state index contributed by atoms with van der Waals surface area (Å²) in [6, 6.07) is 9.48. The summed E-state index contributed by atoms with van der Waals surface area (Å²) in [6.07, 6.45) is 3.46. The molecule has 1 aliphatic rings. The summed E-state index contributed by atoms with van der Waals surface area (Å²) in [5.74, 6) is -0.362. The number of benzene rings is 1. The van der Waals surface area contributed by atoms with E-state index in [1.54, 1.807) is 11.1 Å². The highest BCUT2D eigenvalue weighted by Crippen LogP contribution is 2.36. The molecule has 24 heavy (non-hydrogen) atoms. The molecule has 1 saturated carbocycles. The number of nitro groups is 1. The van der Waals surface area contributed by atoms with Gasteiger partial charge in [0.15, 0.2) is 0 Å². The van der Waals surface area contributed by atoms with E-state index < -0.39 is 4.92 Å². The van der Waals surface area contributed by atoms with Crippen molar-refractivity contribution in [2.45, 2.75) is 31.8 Å². The van der Waals surface area contributed by atoms with Crippen molar-refractivity contribution in [3.8, 4) is 0 Å². The highest BCUT2D eigenvalue weighted by Gasteiger charge is 2.39. The van der Waals surface area contributed by atoms with Gasteiger partial charge in [-0.1, -0.05) is 17.7 Å². The van der Waals surface area contributed by atoms with Crippen molar-refractivity contribution in [1.82, 2.24) is 9.88 Å². The number of carbonyl (C=O) groups excluding carboxylic acids is 1. The van der Waals surface area contributed by atoms with E-state index >= 15 is 0 Å². The van der Waals surface area contributed by atoms with Gasteiger partial charge in [0.05, 0.1) is 16.7 Å². The van der Waals surface area contributed by atoms with Gasteiger partial charge < -0.3 is 4.90 Å². The number of aromatic nitrogens is 1. The molecule has 0 unspecified atom stereocenters. The van der Waals surface area contributed by atoms with Crippen LogP contribution >= 0.6 is 11.6 Å². The van der Waals surface area contributed by atoms with Crippen molar-refractivity contribution in [3.05, 3.63) is 69.0 Å². The Hall–Kier alpha value is -2.47. The monoisotopic (exact) mass is 345 g/mol. The van der Waals surface area contributed by atoms with Crippen LogP contribution in [-0.4, -0.2) is 26.8 Å². The third-order valence-electron chi connectivity index (χ3n) is 4.09. The number of carbonyl (C=O) groups is 1. The first kappa shape index (κ1) is 16.4. The zero-order chi connectivity index (χ0) is 17.3. The van der Waals surface area contributed by atoms with E-state index in [2.05, 4.69) is 4.98 Å². The molecule has 0 saturated heterocycles. The molecule has 0 radical (unpaired) electrons. The van der Waals surface area contributed by atoms with Gasteiger partial charge in [0.25, 0.3) is 11.6 Å². The maximum Gasteiger partial charge on any atom is 0.283 e. The molecule has 0 spiro atoms. The van der Waals surface area contributed by atoms with Crippen LogP contribution in [0.3, 0.4) is 0 Å². The van der Waals surface area contributed by atoms with Crippen molar-refractivity contribution in [3.63, 3.8) is 0 Å². The van der Waals surface area contributed by atoms with Gasteiger partial charge in [0, 0.05) is 23.3 Å². The Kier molecular flexibility index (Phi) is 4.49. The predicted octanol–water partition coefficient (Wildman–Crippen LogP) is 4.01. The van der Waals surface area contributed by atoms with Gasteiger partial charge in [-0.2, -0.15) is 0 Å². The molecule has 3 rings (SSSR count). The van der Waals surface area contributed by atoms with Crippen LogP contribution < -0.4 is 0 Å². The highest BCUT2D eigenvalue weighted by atomic mass is 35.5. The third kappa shape index (κ3) is 3.23. The summed E-state index contributed by atoms with van der Waals surface area (Å²) in [7, 11) is 0. The molecule has 1 fully saturated rings. The molecule has 2 aromatic rings. The van der Waals surface area contributed by atoms with Gasteiger partial charge in [-0.15, -0.1) is 0 Å². The maximum absolute atomic E-state index is 13.0. The summed E-state index contributed by atoms with van der Waals surface area (Å²) >= 11 is 5.84. The van der Waals surface area contributed by atoms with Crippen LogP contribution in [0.15, 0.2) is 42.6 Å². The molecule has 1 heterocycles. The lowest BCUT2D eigenvalue weighted by Crippen LogP contribution is -2.36. The van der Waals surface area contributed by atoms with Crippen molar-refractivity contribution in [2.75, 3.05) is 0 Å². The maximum atomic E-state index is 13.0. The van der Waals surface area contributed by atoms with Gasteiger partial charge >= 0.3 is 0 Å². The van der Waals surface area contributed by atoms with E-state index in [0.29, 0.717) is 0 Å². The third-order valence-corrected chi connectivity index (χ3v) is 4.33. The van der Waals surface area contributed by atoms with Crippen LogP contribution in [0.5, 0.6) is 0 Å². The minimum atomic E-state index is -0.574. The van der Waals surface area contributed by atoms with Crippen molar-refractivity contribution >= 4 is 23.2 Å². The van der Waals surface area contributed by atoms with Crippen LogP contribution in [0.2, 0.25) is 5.02 Å². The molecule has 0 aliphatic heterocycles. The summed E-state index contributed by atoms with van der Waals surface area (Å²) in [6.45, 7) is 1.89. The molecule has 1 atom stereocenters. The first-order chi connectivity index (χ1) is 11.5. The van der Waals surface area contributed by atoms with Crippen molar-refractivity contribution in [1.29, 1.82) is 0 Å². The molecule has 1 amide bonds. The van der Waals surface area contributed by atoms with E-state index in [9.17, 15) is 14.9 Å². The second kappa shape index (κ2) is 6.57. The van der Waals surface area contributed by atoms with E-state index in [1.165, 1.54) is 18.2 Å². The van der Waals surface area contributed by atoms with Crippen LogP contribution in [-0.2, 0) is 0 Å². The average molecular weight is 346 g/mol. The Labute approximate surface area is 144 Å². The second-order valence-corrected chi connectivity index (χ2v) is 6.23. The smallest absolute Gasteiger partial charge is 0.283 e. The number of hydrogen-bond donors (Lipinski definition) is 0. The van der Waals surface area contributed by atoms with E-state index in [4.69, 9.17) is 11.6 Å². The first-order valence-electron chi connectivity index (χ1n) is 7.66. The molecular formula is C17H16ClN3O3. The van der Waals surface area contributed by atoms with Crippen LogP contribution in [0, 0.1) is 10.1 Å². The van der Waals surface area contributed by atoms with E-state index in [1.807, 2.05) is 25.1 Å². The quantitative estimate of drug-likeness (QED) is 0.606. The predicted molar refractivity (Wildman–Crippen MR) is 89.9 cm³/mol. The molecule has 0 bridgehead atoms. The molecule has 1 aromatic heterocycles. The van der Waals surface area contributed by atoms with Gasteiger partial charge in [-0.25, -0.2) is 0 Å². The number of nitrogens with zero attached hydrogens (tertiary/aromatic N) is 3. The molecule has 7 heteroatoms. The number of hydrogen-bond acceptors (Lipinski definition) is 4. The van der Waals surface area contributed by atoms with Gasteiger partial charge in [-0.3, -0.25) is 19.9 Å². The minimum Gasteiger partial charge on any atom is -0.327 e. The Bertz CT molecular complexity index is 778. The molecule has 124 valence electrons. The average Bonchev–Trinajstić information content (AvgIpc) is 3.40. The summed E-state index contributed by atoms with van der Waals surface area (Å²) in [5.41, 5.74) is 0.541. The van der Waals surface area contributed by atoms with Crippen LogP contribution in [0.1, 0.15) is 41.9 Å². The highest BCUT2D eigenvalue weighted by molar-refractivity contribution is 6.31. The Morgan fingerprint density at radius 3 is 2.71 bits per heavy atom. The Morgan fingerprint density at radius 1 is 1.38 bits per heavy atom. The fourth-order valence-corrected chi connectivity index (χ4v) is 2.92. The topological polar surface area (TPSA) is 76.3 Å². The standard InChI is InChI=1S/C17H16ClN3O3/c1-11(15-4-2-3-9-19-15)20(13-6-7-13)17(22)14-8-5-12(18)10-16(14)21(23)24/h2-5,8-11,13H,6-7H2,1H3/t11-/m1/s1. The zero-order valence-corrected chi connectivity index (χ0v) is 13.8. The van der Waals surface area contributed by atoms with E-state index in [-0.39, 0.29) is 34.3 Å². The SMILES string of the molecule is C[C@H](c1ccccn1)N(C(=O)c1ccc(Cl)cc1[N+](=O)[O-])C1CC1.